The van der Waals surface area contributed by atoms with Crippen molar-refractivity contribution in [2.45, 2.75) is 57.9 Å². The molecule has 1 fully saturated rings. The van der Waals surface area contributed by atoms with Gasteiger partial charge in [-0.1, -0.05) is 38.2 Å². The highest BCUT2D eigenvalue weighted by atomic mass is 16.6. The Hall–Kier alpha value is -1.71. The van der Waals surface area contributed by atoms with Crippen molar-refractivity contribution in [3.05, 3.63) is 23.8 Å². The van der Waals surface area contributed by atoms with Crippen molar-refractivity contribution in [3.8, 4) is 11.5 Å². The Morgan fingerprint density at radius 3 is 2.70 bits per heavy atom. The van der Waals surface area contributed by atoms with Gasteiger partial charge in [-0.05, 0) is 36.5 Å². The molecule has 1 amide bonds. The monoisotopic (exact) mass is 317 g/mol. The molecular weight excluding hydrogens is 290 g/mol. The number of fused-ring (bicyclic) bond motifs is 1. The molecule has 4 heteroatoms. The molecule has 3 rings (SSSR count). The summed E-state index contributed by atoms with van der Waals surface area (Å²) in [5.74, 6) is 2.57. The zero-order valence-electron chi connectivity index (χ0n) is 13.8. The van der Waals surface area contributed by atoms with Gasteiger partial charge in [-0.25, -0.2) is 0 Å². The highest BCUT2D eigenvalue weighted by Gasteiger charge is 2.14. The van der Waals surface area contributed by atoms with Crippen LogP contribution in [-0.2, 0) is 11.3 Å². The highest BCUT2D eigenvalue weighted by molar-refractivity contribution is 5.75. The summed E-state index contributed by atoms with van der Waals surface area (Å²) >= 11 is 0. The third kappa shape index (κ3) is 4.88. The normalized spacial score (nSPS) is 17.7. The van der Waals surface area contributed by atoms with Crippen LogP contribution < -0.4 is 14.8 Å². The maximum absolute atomic E-state index is 12.0. The maximum Gasteiger partial charge on any atom is 0.220 e. The van der Waals surface area contributed by atoms with Gasteiger partial charge in [0.15, 0.2) is 11.5 Å². The van der Waals surface area contributed by atoms with Crippen LogP contribution in [-0.4, -0.2) is 19.1 Å². The van der Waals surface area contributed by atoms with E-state index >= 15 is 0 Å². The van der Waals surface area contributed by atoms with E-state index in [2.05, 4.69) is 5.32 Å². The molecule has 0 aromatic heterocycles. The van der Waals surface area contributed by atoms with Crippen molar-refractivity contribution >= 4 is 5.91 Å². The van der Waals surface area contributed by atoms with Gasteiger partial charge in [-0.3, -0.25) is 4.79 Å². The standard InChI is InChI=1S/C19H27NO3/c21-19(8-4-7-15-5-2-1-3-6-15)20-14-16-9-10-17-18(13-16)23-12-11-22-17/h9-10,13,15H,1-8,11-12,14H2,(H,20,21). The van der Waals surface area contributed by atoms with Gasteiger partial charge in [0.2, 0.25) is 5.91 Å². The second kappa shape index (κ2) is 8.23. The first kappa shape index (κ1) is 16.2. The topological polar surface area (TPSA) is 47.6 Å². The summed E-state index contributed by atoms with van der Waals surface area (Å²) in [6, 6.07) is 5.85. The van der Waals surface area contributed by atoms with Crippen LogP contribution in [0.2, 0.25) is 0 Å². The second-order valence-electron chi connectivity index (χ2n) is 6.65. The van der Waals surface area contributed by atoms with Gasteiger partial charge < -0.3 is 14.8 Å². The average Bonchev–Trinajstić information content (AvgIpc) is 2.61. The van der Waals surface area contributed by atoms with Crippen molar-refractivity contribution in [1.82, 2.24) is 5.32 Å². The summed E-state index contributed by atoms with van der Waals surface area (Å²) in [6.07, 6.45) is 9.72. The number of rotatable bonds is 6. The summed E-state index contributed by atoms with van der Waals surface area (Å²) in [6.45, 7) is 1.74. The highest BCUT2D eigenvalue weighted by Crippen LogP contribution is 2.30. The maximum atomic E-state index is 12.0. The minimum Gasteiger partial charge on any atom is -0.486 e. The molecule has 23 heavy (non-hydrogen) atoms. The minimum atomic E-state index is 0.149. The number of hydrogen-bond acceptors (Lipinski definition) is 3. The Labute approximate surface area is 138 Å². The fourth-order valence-corrected chi connectivity index (χ4v) is 3.51. The Kier molecular flexibility index (Phi) is 5.78. The molecule has 1 N–H and O–H groups in total. The minimum absolute atomic E-state index is 0.149. The first-order valence-electron chi connectivity index (χ1n) is 8.96. The first-order valence-corrected chi connectivity index (χ1v) is 8.96. The molecule has 0 atom stereocenters. The quantitative estimate of drug-likeness (QED) is 0.867. The molecule has 0 unspecified atom stereocenters. The van der Waals surface area contributed by atoms with E-state index in [1.54, 1.807) is 0 Å². The van der Waals surface area contributed by atoms with Crippen molar-refractivity contribution in [2.24, 2.45) is 5.92 Å². The van der Waals surface area contributed by atoms with E-state index in [9.17, 15) is 4.79 Å². The van der Waals surface area contributed by atoms with Gasteiger partial charge in [0.05, 0.1) is 0 Å². The lowest BCUT2D eigenvalue weighted by molar-refractivity contribution is -0.121. The summed E-state index contributed by atoms with van der Waals surface area (Å²) in [7, 11) is 0. The predicted octanol–water partition coefficient (Wildman–Crippen LogP) is 3.82. The van der Waals surface area contributed by atoms with Crippen LogP contribution in [0.4, 0.5) is 0 Å². The lowest BCUT2D eigenvalue weighted by atomic mass is 9.86. The van der Waals surface area contributed by atoms with Crippen LogP contribution in [0.5, 0.6) is 11.5 Å². The van der Waals surface area contributed by atoms with Crippen LogP contribution in [0.1, 0.15) is 56.9 Å². The average molecular weight is 317 g/mol. The van der Waals surface area contributed by atoms with Crippen LogP contribution in [0.15, 0.2) is 18.2 Å². The molecule has 0 bridgehead atoms. The summed E-state index contributed by atoms with van der Waals surface area (Å²) in [5.41, 5.74) is 1.05. The van der Waals surface area contributed by atoms with Crippen molar-refractivity contribution in [1.29, 1.82) is 0 Å². The number of amides is 1. The molecule has 0 spiro atoms. The third-order valence-corrected chi connectivity index (χ3v) is 4.84. The van der Waals surface area contributed by atoms with E-state index in [0.717, 1.165) is 29.4 Å². The van der Waals surface area contributed by atoms with E-state index in [1.807, 2.05) is 18.2 Å². The molecular formula is C19H27NO3. The number of ether oxygens (including phenoxy) is 2. The third-order valence-electron chi connectivity index (χ3n) is 4.84. The molecule has 0 saturated heterocycles. The Balaban J connectivity index is 1.37. The van der Waals surface area contributed by atoms with E-state index in [0.29, 0.717) is 26.2 Å². The van der Waals surface area contributed by atoms with Crippen molar-refractivity contribution in [3.63, 3.8) is 0 Å². The van der Waals surface area contributed by atoms with Gasteiger partial charge >= 0.3 is 0 Å². The van der Waals surface area contributed by atoms with Crippen molar-refractivity contribution in [2.75, 3.05) is 13.2 Å². The molecule has 1 saturated carbocycles. The summed E-state index contributed by atoms with van der Waals surface area (Å²) < 4.78 is 11.1. The molecule has 4 nitrogen and oxygen atoms in total. The smallest absolute Gasteiger partial charge is 0.220 e. The molecule has 1 aromatic carbocycles. The fourth-order valence-electron chi connectivity index (χ4n) is 3.51. The van der Waals surface area contributed by atoms with Crippen LogP contribution in [0.25, 0.3) is 0 Å². The van der Waals surface area contributed by atoms with Gasteiger partial charge in [-0.15, -0.1) is 0 Å². The fraction of sp³-hybridized carbons (Fsp3) is 0.632. The Morgan fingerprint density at radius 1 is 1.09 bits per heavy atom. The molecule has 126 valence electrons. The molecule has 2 aliphatic rings. The first-order chi connectivity index (χ1) is 11.3. The molecule has 1 aliphatic carbocycles. The van der Waals surface area contributed by atoms with Crippen LogP contribution >= 0.6 is 0 Å². The molecule has 1 aliphatic heterocycles. The van der Waals surface area contributed by atoms with Crippen LogP contribution in [0, 0.1) is 5.92 Å². The van der Waals surface area contributed by atoms with E-state index in [-0.39, 0.29) is 5.91 Å². The summed E-state index contributed by atoms with van der Waals surface area (Å²) in [4.78, 5) is 12.0. The zero-order chi connectivity index (χ0) is 15.9. The summed E-state index contributed by atoms with van der Waals surface area (Å²) in [5, 5.41) is 3.01. The Morgan fingerprint density at radius 2 is 1.87 bits per heavy atom. The largest absolute Gasteiger partial charge is 0.486 e. The van der Waals surface area contributed by atoms with Gasteiger partial charge in [-0.2, -0.15) is 0 Å². The van der Waals surface area contributed by atoms with Crippen molar-refractivity contribution < 1.29 is 14.3 Å². The lowest BCUT2D eigenvalue weighted by Gasteiger charge is -2.21. The van der Waals surface area contributed by atoms with E-state index in [4.69, 9.17) is 9.47 Å². The number of nitrogens with one attached hydrogen (secondary N) is 1. The molecule has 1 heterocycles. The van der Waals surface area contributed by atoms with Gasteiger partial charge in [0.1, 0.15) is 13.2 Å². The van der Waals surface area contributed by atoms with Gasteiger partial charge in [0.25, 0.3) is 0 Å². The Bertz CT molecular complexity index is 523. The predicted molar refractivity (Wildman–Crippen MR) is 89.7 cm³/mol. The SMILES string of the molecule is O=C(CCCC1CCCCC1)NCc1ccc2c(c1)OCCO2. The zero-order valence-corrected chi connectivity index (χ0v) is 13.8. The van der Waals surface area contributed by atoms with E-state index < -0.39 is 0 Å². The number of hydrogen-bond donors (Lipinski definition) is 1. The number of carbonyl (C=O) groups is 1. The van der Waals surface area contributed by atoms with Gasteiger partial charge in [0, 0.05) is 13.0 Å². The number of carbonyl (C=O) groups excluding carboxylic acids is 1. The molecule has 1 aromatic rings. The van der Waals surface area contributed by atoms with E-state index in [1.165, 1.54) is 38.5 Å². The second-order valence-corrected chi connectivity index (χ2v) is 6.65. The number of benzene rings is 1. The lowest BCUT2D eigenvalue weighted by Crippen LogP contribution is -2.23. The molecule has 0 radical (unpaired) electrons. The van der Waals surface area contributed by atoms with Crippen LogP contribution in [0.3, 0.4) is 0 Å².